The van der Waals surface area contributed by atoms with Crippen molar-refractivity contribution in [3.8, 4) is 5.75 Å². The van der Waals surface area contributed by atoms with Gasteiger partial charge in [-0.3, -0.25) is 10.1 Å². The molecule has 4 rings (SSSR count). The van der Waals surface area contributed by atoms with Gasteiger partial charge in [0, 0.05) is 6.08 Å². The van der Waals surface area contributed by atoms with Gasteiger partial charge in [0.05, 0.1) is 0 Å². The minimum Gasteiger partial charge on any atom is -0.487 e. The van der Waals surface area contributed by atoms with Crippen LogP contribution in [-0.4, -0.2) is 23.1 Å². The fraction of sp³-hybridized carbons (Fsp3) is 0.240. The molecule has 1 N–H and O–H groups in total. The predicted octanol–water partition coefficient (Wildman–Crippen LogP) is 4.77. The topological polar surface area (TPSA) is 90.7 Å². The van der Waals surface area contributed by atoms with Crippen LogP contribution in [0.2, 0.25) is 0 Å². The lowest BCUT2D eigenvalue weighted by Crippen LogP contribution is -2.24. The van der Waals surface area contributed by atoms with Crippen molar-refractivity contribution >= 4 is 24.2 Å². The fourth-order valence-electron chi connectivity index (χ4n) is 3.35. The highest BCUT2D eigenvalue weighted by molar-refractivity contribution is 5.99. The van der Waals surface area contributed by atoms with E-state index < -0.39 is 12.2 Å². The Morgan fingerprint density at radius 1 is 1.00 bits per heavy atom. The third-order valence-corrected chi connectivity index (χ3v) is 5.05. The Morgan fingerprint density at radius 2 is 1.81 bits per heavy atom. The van der Waals surface area contributed by atoms with Gasteiger partial charge in [-0.25, -0.2) is 9.78 Å². The summed E-state index contributed by atoms with van der Waals surface area (Å²) in [6, 6.07) is 17.9. The third-order valence-electron chi connectivity index (χ3n) is 5.05. The number of alkyl carbamates (subject to hydrolysis) is 1. The van der Waals surface area contributed by atoms with Crippen molar-refractivity contribution in [1.29, 1.82) is 0 Å². The van der Waals surface area contributed by atoms with Crippen LogP contribution in [0.5, 0.6) is 5.75 Å². The number of carbonyl (C=O) groups excluding carboxylic acids is 2. The number of benzene rings is 2. The van der Waals surface area contributed by atoms with E-state index in [1.165, 1.54) is 5.56 Å². The molecular formula is C25H24N2O5. The van der Waals surface area contributed by atoms with Gasteiger partial charge in [0.15, 0.2) is 6.10 Å². The molecule has 0 aliphatic carbocycles. The molecule has 1 fully saturated rings. The van der Waals surface area contributed by atoms with E-state index >= 15 is 0 Å². The quantitative estimate of drug-likeness (QED) is 0.464. The number of rotatable bonds is 10. The Hall–Kier alpha value is -3.87. The van der Waals surface area contributed by atoms with Gasteiger partial charge in [-0.2, -0.15) is 0 Å². The standard InChI is InChI=1S/C25H24N2O5/c28-24-22(32-25(29)27-24)9-5-4-8-19-10-13-21(14-11-19)30-16-20-17-31-23(26-20)15-12-18-6-2-1-3-7-18/h1-3,6-7,10-15,17,22H,4-5,8-9,16H2,(H,27,28,29)/b15-12+. The zero-order valence-corrected chi connectivity index (χ0v) is 17.5. The highest BCUT2D eigenvalue weighted by Crippen LogP contribution is 2.17. The molecule has 1 atom stereocenters. The summed E-state index contributed by atoms with van der Waals surface area (Å²) in [7, 11) is 0. The summed E-state index contributed by atoms with van der Waals surface area (Å²) in [4.78, 5) is 26.9. The van der Waals surface area contributed by atoms with Crippen LogP contribution in [0, 0.1) is 0 Å². The minimum atomic E-state index is -0.652. The van der Waals surface area contributed by atoms with Crippen molar-refractivity contribution < 1.29 is 23.5 Å². The van der Waals surface area contributed by atoms with E-state index in [1.54, 1.807) is 6.26 Å². The molecule has 2 aromatic carbocycles. The van der Waals surface area contributed by atoms with Gasteiger partial charge < -0.3 is 13.9 Å². The lowest BCUT2D eigenvalue weighted by molar-refractivity contribution is -0.123. The van der Waals surface area contributed by atoms with Crippen LogP contribution in [0.15, 0.2) is 65.3 Å². The molecule has 1 aliphatic rings. The van der Waals surface area contributed by atoms with E-state index in [0.29, 0.717) is 18.9 Å². The number of amides is 2. The largest absolute Gasteiger partial charge is 0.487 e. The molecular weight excluding hydrogens is 408 g/mol. The van der Waals surface area contributed by atoms with Crippen molar-refractivity contribution in [2.45, 2.75) is 38.4 Å². The second kappa shape index (κ2) is 10.4. The summed E-state index contributed by atoms with van der Waals surface area (Å²) in [6.07, 6.45) is 7.20. The van der Waals surface area contributed by atoms with Gasteiger partial charge in [0.1, 0.15) is 24.3 Å². The first kappa shape index (κ1) is 21.4. The number of hydrogen-bond acceptors (Lipinski definition) is 6. The Morgan fingerprint density at radius 3 is 2.56 bits per heavy atom. The van der Waals surface area contributed by atoms with Crippen molar-refractivity contribution in [3.05, 3.63) is 83.6 Å². The van der Waals surface area contributed by atoms with Crippen LogP contribution in [0.3, 0.4) is 0 Å². The summed E-state index contributed by atoms with van der Waals surface area (Å²) in [5, 5.41) is 2.14. The van der Waals surface area contributed by atoms with Crippen LogP contribution >= 0.6 is 0 Å². The number of imide groups is 1. The molecule has 2 heterocycles. The first-order chi connectivity index (χ1) is 15.7. The number of nitrogens with one attached hydrogen (secondary N) is 1. The van der Waals surface area contributed by atoms with Gasteiger partial charge in [-0.1, -0.05) is 42.5 Å². The molecule has 1 aliphatic heterocycles. The maximum absolute atomic E-state index is 11.5. The van der Waals surface area contributed by atoms with E-state index in [-0.39, 0.29) is 5.91 Å². The Bertz CT molecular complexity index is 1070. The van der Waals surface area contributed by atoms with E-state index in [2.05, 4.69) is 10.3 Å². The molecule has 0 radical (unpaired) electrons. The maximum Gasteiger partial charge on any atom is 0.414 e. The van der Waals surface area contributed by atoms with Crippen LogP contribution < -0.4 is 10.1 Å². The van der Waals surface area contributed by atoms with Crippen molar-refractivity contribution in [2.24, 2.45) is 0 Å². The molecule has 32 heavy (non-hydrogen) atoms. The number of cyclic esters (lactones) is 1. The normalized spacial score (nSPS) is 15.7. The summed E-state index contributed by atoms with van der Waals surface area (Å²) >= 11 is 0. The fourth-order valence-corrected chi connectivity index (χ4v) is 3.35. The number of unbranched alkanes of at least 4 members (excludes halogenated alkanes) is 1. The lowest BCUT2D eigenvalue weighted by Gasteiger charge is -2.07. The highest BCUT2D eigenvalue weighted by atomic mass is 16.6. The van der Waals surface area contributed by atoms with E-state index in [9.17, 15) is 9.59 Å². The number of hydrogen-bond donors (Lipinski definition) is 1. The van der Waals surface area contributed by atoms with E-state index in [1.807, 2.05) is 66.7 Å². The number of nitrogens with zero attached hydrogens (tertiary/aromatic N) is 1. The van der Waals surface area contributed by atoms with E-state index in [4.69, 9.17) is 13.9 Å². The molecule has 0 bridgehead atoms. The van der Waals surface area contributed by atoms with Gasteiger partial charge in [-0.05, 0) is 55.0 Å². The second-order valence-electron chi connectivity index (χ2n) is 7.48. The van der Waals surface area contributed by atoms with Crippen molar-refractivity contribution in [2.75, 3.05) is 0 Å². The number of carbonyl (C=O) groups is 2. The number of aryl methyl sites for hydroxylation is 1. The molecule has 1 saturated heterocycles. The summed E-state index contributed by atoms with van der Waals surface area (Å²) < 4.78 is 16.2. The van der Waals surface area contributed by atoms with Crippen molar-refractivity contribution in [3.63, 3.8) is 0 Å². The van der Waals surface area contributed by atoms with Crippen LogP contribution in [0.1, 0.15) is 42.0 Å². The summed E-state index contributed by atoms with van der Waals surface area (Å²) in [5.41, 5.74) is 2.98. The monoisotopic (exact) mass is 432 g/mol. The smallest absolute Gasteiger partial charge is 0.414 e. The Labute approximate surface area is 186 Å². The first-order valence-corrected chi connectivity index (χ1v) is 10.6. The van der Waals surface area contributed by atoms with Crippen LogP contribution in [0.25, 0.3) is 12.2 Å². The zero-order valence-electron chi connectivity index (χ0n) is 17.5. The molecule has 2 amide bonds. The van der Waals surface area contributed by atoms with E-state index in [0.717, 1.165) is 36.3 Å². The molecule has 7 heteroatoms. The van der Waals surface area contributed by atoms with Crippen molar-refractivity contribution in [1.82, 2.24) is 10.3 Å². The van der Waals surface area contributed by atoms with Crippen LogP contribution in [0.4, 0.5) is 4.79 Å². The highest BCUT2D eigenvalue weighted by Gasteiger charge is 2.31. The predicted molar refractivity (Wildman–Crippen MR) is 119 cm³/mol. The minimum absolute atomic E-state index is 0.324. The Balaban J connectivity index is 1.18. The lowest BCUT2D eigenvalue weighted by atomic mass is 10.1. The van der Waals surface area contributed by atoms with Gasteiger partial charge in [0.25, 0.3) is 5.91 Å². The Kier molecular flexibility index (Phi) is 6.97. The maximum atomic E-state index is 11.5. The SMILES string of the molecule is O=C1NC(=O)C(CCCCc2ccc(OCc3coc(/C=C/c4ccccc4)n3)cc2)O1. The number of oxazole rings is 1. The van der Waals surface area contributed by atoms with Gasteiger partial charge in [0.2, 0.25) is 5.89 Å². The molecule has 0 saturated carbocycles. The summed E-state index contributed by atoms with van der Waals surface area (Å²) in [6.45, 7) is 0.324. The molecule has 0 spiro atoms. The second-order valence-corrected chi connectivity index (χ2v) is 7.48. The van der Waals surface area contributed by atoms with Crippen LogP contribution in [-0.2, 0) is 22.6 Å². The summed E-state index contributed by atoms with van der Waals surface area (Å²) in [5.74, 6) is 0.947. The number of aromatic nitrogens is 1. The van der Waals surface area contributed by atoms with Gasteiger partial charge >= 0.3 is 6.09 Å². The molecule has 7 nitrogen and oxygen atoms in total. The zero-order chi connectivity index (χ0) is 22.2. The number of ether oxygens (including phenoxy) is 2. The molecule has 164 valence electrons. The first-order valence-electron chi connectivity index (χ1n) is 10.6. The average molecular weight is 432 g/mol. The molecule has 1 unspecified atom stereocenters. The average Bonchev–Trinajstić information content (AvgIpc) is 3.40. The third kappa shape index (κ3) is 6.07. The molecule has 3 aromatic rings. The molecule has 1 aromatic heterocycles. The van der Waals surface area contributed by atoms with Gasteiger partial charge in [-0.15, -0.1) is 0 Å².